The molecule has 0 aromatic heterocycles. The van der Waals surface area contributed by atoms with Crippen LogP contribution in [-0.2, 0) is 9.53 Å². The monoisotopic (exact) mass is 367 g/mol. The summed E-state index contributed by atoms with van der Waals surface area (Å²) in [4.78, 5) is 32.1. The van der Waals surface area contributed by atoms with Gasteiger partial charge >= 0.3 is 5.97 Å². The summed E-state index contributed by atoms with van der Waals surface area (Å²) in [6.07, 6.45) is 6.17. The Bertz CT molecular complexity index is 616. The molecule has 8 heteroatoms. The van der Waals surface area contributed by atoms with Crippen molar-refractivity contribution in [2.45, 2.75) is 45.4 Å². The summed E-state index contributed by atoms with van der Waals surface area (Å²) in [5.74, 6) is 0.155. The molecule has 0 saturated heterocycles. The van der Waals surface area contributed by atoms with E-state index in [9.17, 15) is 19.7 Å². The van der Waals surface area contributed by atoms with E-state index in [1.807, 2.05) is 0 Å². The first kappa shape index (κ1) is 21.4. The molecule has 0 saturated carbocycles. The number of aldehydes is 1. The van der Waals surface area contributed by atoms with E-state index in [-0.39, 0.29) is 23.0 Å². The Labute approximate surface area is 152 Å². The van der Waals surface area contributed by atoms with Gasteiger partial charge in [-0.1, -0.05) is 25.7 Å². The number of nitro groups is 1. The van der Waals surface area contributed by atoms with Gasteiger partial charge in [-0.25, -0.2) is 0 Å². The van der Waals surface area contributed by atoms with E-state index in [1.165, 1.54) is 26.2 Å². The molecule has 0 unspecified atom stereocenters. The van der Waals surface area contributed by atoms with Gasteiger partial charge in [-0.05, 0) is 18.9 Å². The molecule has 0 aliphatic rings. The van der Waals surface area contributed by atoms with Crippen LogP contribution in [0.15, 0.2) is 12.1 Å². The van der Waals surface area contributed by atoms with Crippen LogP contribution in [0, 0.1) is 10.1 Å². The van der Waals surface area contributed by atoms with E-state index in [2.05, 4.69) is 0 Å². The molecule has 1 aromatic carbocycles. The van der Waals surface area contributed by atoms with Gasteiger partial charge in [0.1, 0.15) is 5.56 Å². The number of rotatable bonds is 13. The van der Waals surface area contributed by atoms with Crippen LogP contribution in [-0.4, -0.2) is 37.5 Å². The quantitative estimate of drug-likeness (QED) is 0.172. The van der Waals surface area contributed by atoms with Crippen LogP contribution in [0.5, 0.6) is 11.5 Å². The number of unbranched alkanes of at least 4 members (excludes halogenated alkanes) is 5. The summed E-state index contributed by atoms with van der Waals surface area (Å²) >= 11 is 0. The van der Waals surface area contributed by atoms with Gasteiger partial charge < -0.3 is 14.2 Å². The van der Waals surface area contributed by atoms with Gasteiger partial charge in [-0.2, -0.15) is 0 Å². The normalized spacial score (nSPS) is 10.2. The maximum atomic E-state index is 11.2. The maximum Gasteiger partial charge on any atom is 0.302 e. The Morgan fingerprint density at radius 3 is 2.27 bits per heavy atom. The number of benzene rings is 1. The van der Waals surface area contributed by atoms with Crippen LogP contribution in [0.25, 0.3) is 0 Å². The Kier molecular flexibility index (Phi) is 9.74. The first-order valence-electron chi connectivity index (χ1n) is 8.58. The van der Waals surface area contributed by atoms with E-state index in [0.717, 1.165) is 38.5 Å². The number of methoxy groups -OCH3 is 1. The summed E-state index contributed by atoms with van der Waals surface area (Å²) in [6, 6.07) is 2.68. The summed E-state index contributed by atoms with van der Waals surface area (Å²) in [7, 11) is 1.34. The van der Waals surface area contributed by atoms with Crippen molar-refractivity contribution in [1.82, 2.24) is 0 Å². The minimum Gasteiger partial charge on any atom is -0.492 e. The first-order chi connectivity index (χ1) is 12.5. The number of nitrogens with zero attached hydrogens (tertiary/aromatic N) is 1. The zero-order valence-corrected chi connectivity index (χ0v) is 15.2. The second-order valence-corrected chi connectivity index (χ2v) is 5.71. The summed E-state index contributed by atoms with van der Waals surface area (Å²) in [5.41, 5.74) is -0.430. The number of hydrogen-bond acceptors (Lipinski definition) is 7. The van der Waals surface area contributed by atoms with Gasteiger partial charge in [-0.3, -0.25) is 19.7 Å². The highest BCUT2D eigenvalue weighted by atomic mass is 16.6. The van der Waals surface area contributed by atoms with Crippen LogP contribution in [0.1, 0.15) is 55.8 Å². The molecule has 0 fully saturated rings. The lowest BCUT2D eigenvalue weighted by molar-refractivity contribution is -0.385. The second kappa shape index (κ2) is 11.8. The fourth-order valence-electron chi connectivity index (χ4n) is 2.48. The van der Waals surface area contributed by atoms with Gasteiger partial charge in [0, 0.05) is 13.0 Å². The highest BCUT2D eigenvalue weighted by molar-refractivity contribution is 5.87. The van der Waals surface area contributed by atoms with Crippen molar-refractivity contribution in [2.75, 3.05) is 20.3 Å². The first-order valence-corrected chi connectivity index (χ1v) is 8.58. The zero-order valence-electron chi connectivity index (χ0n) is 15.2. The highest BCUT2D eigenvalue weighted by Gasteiger charge is 2.22. The van der Waals surface area contributed by atoms with Crippen molar-refractivity contribution in [3.8, 4) is 11.5 Å². The molecule has 8 nitrogen and oxygen atoms in total. The Hall–Kier alpha value is -2.64. The molecule has 1 aromatic rings. The predicted octanol–water partition coefficient (Wildman–Crippen LogP) is 3.70. The maximum absolute atomic E-state index is 11.2. The van der Waals surface area contributed by atoms with E-state index in [4.69, 9.17) is 14.2 Å². The topological polar surface area (TPSA) is 105 Å². The van der Waals surface area contributed by atoms with Crippen LogP contribution >= 0.6 is 0 Å². The number of esters is 1. The van der Waals surface area contributed by atoms with Gasteiger partial charge in [0.15, 0.2) is 17.8 Å². The molecule has 0 bridgehead atoms. The number of ether oxygens (including phenoxy) is 3. The van der Waals surface area contributed by atoms with Gasteiger partial charge in [0.2, 0.25) is 0 Å². The third-order valence-corrected chi connectivity index (χ3v) is 3.76. The average molecular weight is 367 g/mol. The molecule has 144 valence electrons. The molecule has 0 amide bonds. The Morgan fingerprint density at radius 2 is 1.73 bits per heavy atom. The van der Waals surface area contributed by atoms with Crippen molar-refractivity contribution in [3.05, 3.63) is 27.8 Å². The van der Waals surface area contributed by atoms with E-state index in [0.29, 0.717) is 25.2 Å². The molecule has 1 rings (SSSR count). The SMILES string of the molecule is COc1c(OCCCCCCCCOC(C)=O)ccc([N+](=O)[O-])c1C=O. The van der Waals surface area contributed by atoms with Crippen LogP contribution in [0.4, 0.5) is 5.69 Å². The fraction of sp³-hybridized carbons (Fsp3) is 0.556. The molecular formula is C18H25NO7. The van der Waals surface area contributed by atoms with E-state index >= 15 is 0 Å². The molecule has 26 heavy (non-hydrogen) atoms. The molecule has 0 aliphatic carbocycles. The highest BCUT2D eigenvalue weighted by Crippen LogP contribution is 2.36. The summed E-state index contributed by atoms with van der Waals surface area (Å²) < 4.78 is 15.6. The third kappa shape index (κ3) is 7.08. The predicted molar refractivity (Wildman–Crippen MR) is 94.9 cm³/mol. The van der Waals surface area contributed by atoms with Crippen LogP contribution in [0.2, 0.25) is 0 Å². The third-order valence-electron chi connectivity index (χ3n) is 3.76. The minimum absolute atomic E-state index is 0.0830. The van der Waals surface area contributed by atoms with Gasteiger partial charge in [-0.15, -0.1) is 0 Å². The fourth-order valence-corrected chi connectivity index (χ4v) is 2.48. The summed E-state index contributed by atoms with van der Waals surface area (Å²) in [5, 5.41) is 10.9. The van der Waals surface area contributed by atoms with Gasteiger partial charge in [0.25, 0.3) is 5.69 Å². The van der Waals surface area contributed by atoms with Crippen LogP contribution < -0.4 is 9.47 Å². The molecule has 0 spiro atoms. The standard InChI is InChI=1S/C18H25NO7/c1-14(21)25-11-7-5-3-4-6-8-12-26-17-10-9-16(19(22)23)15(13-20)18(17)24-2/h9-10,13H,3-8,11-12H2,1-2H3. The Balaban J connectivity index is 2.34. The van der Waals surface area contributed by atoms with E-state index in [1.54, 1.807) is 0 Å². The molecule has 0 N–H and O–H groups in total. The van der Waals surface area contributed by atoms with Crippen molar-refractivity contribution < 1.29 is 28.7 Å². The largest absolute Gasteiger partial charge is 0.492 e. The van der Waals surface area contributed by atoms with Crippen molar-refractivity contribution in [2.24, 2.45) is 0 Å². The number of nitro benzene ring substituents is 1. The number of carbonyl (C=O) groups is 2. The number of hydrogen-bond donors (Lipinski definition) is 0. The smallest absolute Gasteiger partial charge is 0.302 e. The summed E-state index contributed by atoms with van der Waals surface area (Å²) in [6.45, 7) is 2.30. The van der Waals surface area contributed by atoms with Crippen LogP contribution in [0.3, 0.4) is 0 Å². The average Bonchev–Trinajstić information content (AvgIpc) is 2.61. The molecular weight excluding hydrogens is 342 g/mol. The zero-order chi connectivity index (χ0) is 19.4. The lowest BCUT2D eigenvalue weighted by Gasteiger charge is -2.12. The van der Waals surface area contributed by atoms with Crippen molar-refractivity contribution in [3.63, 3.8) is 0 Å². The lowest BCUT2D eigenvalue weighted by Crippen LogP contribution is -2.03. The van der Waals surface area contributed by atoms with Crippen molar-refractivity contribution >= 4 is 17.9 Å². The number of carbonyl (C=O) groups excluding carboxylic acids is 2. The lowest BCUT2D eigenvalue weighted by atomic mass is 10.1. The molecule has 0 atom stereocenters. The second-order valence-electron chi connectivity index (χ2n) is 5.71. The van der Waals surface area contributed by atoms with Gasteiger partial charge in [0.05, 0.1) is 25.2 Å². The molecule has 0 heterocycles. The minimum atomic E-state index is -0.627. The molecule has 0 radical (unpaired) electrons. The molecule has 0 aliphatic heterocycles. The Morgan fingerprint density at radius 1 is 1.12 bits per heavy atom. The van der Waals surface area contributed by atoms with E-state index < -0.39 is 4.92 Å². The van der Waals surface area contributed by atoms with Crippen molar-refractivity contribution in [1.29, 1.82) is 0 Å².